The molecule has 1 aliphatic heterocycles. The molecule has 1 aromatic heterocycles. The number of imide groups is 1. The van der Waals surface area contributed by atoms with E-state index in [1.165, 1.54) is 16.2 Å². The van der Waals surface area contributed by atoms with Crippen LogP contribution in [0.4, 0.5) is 10.5 Å². The van der Waals surface area contributed by atoms with Crippen molar-refractivity contribution in [3.63, 3.8) is 0 Å². The number of anilines is 1. The number of rotatable bonds is 7. The number of esters is 1. The lowest BCUT2D eigenvalue weighted by Crippen LogP contribution is -2.46. The largest absolute Gasteiger partial charge is 0.465 e. The maximum atomic E-state index is 13.0. The maximum Gasteiger partial charge on any atom is 0.326 e. The zero-order valence-corrected chi connectivity index (χ0v) is 18.8. The molecule has 2 aromatic rings. The van der Waals surface area contributed by atoms with Gasteiger partial charge in [0.25, 0.3) is 5.91 Å². The van der Waals surface area contributed by atoms with Gasteiger partial charge < -0.3 is 10.1 Å². The molecule has 4 amide bonds. The average Bonchev–Trinajstić information content (AvgIpc) is 3.25. The van der Waals surface area contributed by atoms with E-state index in [2.05, 4.69) is 21.2 Å². The average molecular weight is 494 g/mol. The molecule has 1 N–H and O–H groups in total. The second-order valence-electron chi connectivity index (χ2n) is 6.67. The number of halogens is 1. The van der Waals surface area contributed by atoms with Crippen LogP contribution in [0.15, 0.2) is 46.3 Å². The van der Waals surface area contributed by atoms with Crippen LogP contribution in [-0.4, -0.2) is 48.4 Å². The predicted octanol–water partition coefficient (Wildman–Crippen LogP) is 2.87. The Balaban J connectivity index is 1.82. The normalized spacial score (nSPS) is 18.3. The van der Waals surface area contributed by atoms with Gasteiger partial charge in [0.15, 0.2) is 5.54 Å². The molecule has 1 fully saturated rings. The van der Waals surface area contributed by atoms with E-state index in [0.29, 0.717) is 10.6 Å². The molecule has 2 heterocycles. The lowest BCUT2D eigenvalue weighted by Gasteiger charge is -2.24. The Bertz CT molecular complexity index is 980. The minimum Gasteiger partial charge on any atom is -0.465 e. The fraction of sp³-hybridized carbons (Fsp3) is 0.300. The van der Waals surface area contributed by atoms with Gasteiger partial charge >= 0.3 is 12.0 Å². The summed E-state index contributed by atoms with van der Waals surface area (Å²) in [7, 11) is 0. The third-order valence-electron chi connectivity index (χ3n) is 4.60. The molecule has 0 saturated carbocycles. The van der Waals surface area contributed by atoms with Gasteiger partial charge in [-0.05, 0) is 54.0 Å². The number of carbonyl (C=O) groups is 4. The highest BCUT2D eigenvalue weighted by Gasteiger charge is 2.50. The van der Waals surface area contributed by atoms with Crippen LogP contribution in [0.25, 0.3) is 0 Å². The van der Waals surface area contributed by atoms with Crippen molar-refractivity contribution in [2.24, 2.45) is 0 Å². The molecule has 30 heavy (non-hydrogen) atoms. The van der Waals surface area contributed by atoms with Crippen molar-refractivity contribution in [3.8, 4) is 0 Å². The van der Waals surface area contributed by atoms with Crippen LogP contribution in [0.5, 0.6) is 0 Å². The molecule has 1 saturated heterocycles. The first-order valence-corrected chi connectivity index (χ1v) is 10.8. The van der Waals surface area contributed by atoms with Gasteiger partial charge in [0.2, 0.25) is 5.91 Å². The number of nitrogens with one attached hydrogen (secondary N) is 1. The summed E-state index contributed by atoms with van der Waals surface area (Å²) in [5.41, 5.74) is -0.792. The Labute approximate surface area is 185 Å². The molecular formula is C20H20BrN3O5S. The molecule has 1 aliphatic rings. The minimum atomic E-state index is -1.26. The highest BCUT2D eigenvalue weighted by Crippen LogP contribution is 2.35. The molecule has 10 heteroatoms. The predicted molar refractivity (Wildman–Crippen MR) is 115 cm³/mol. The van der Waals surface area contributed by atoms with Gasteiger partial charge in [-0.15, -0.1) is 11.3 Å². The van der Waals surface area contributed by atoms with E-state index in [-0.39, 0.29) is 13.2 Å². The first-order chi connectivity index (χ1) is 14.3. The second kappa shape index (κ2) is 8.97. The van der Waals surface area contributed by atoms with Crippen molar-refractivity contribution < 1.29 is 23.9 Å². The molecule has 0 bridgehead atoms. The number of thiophene rings is 1. The number of hydrogen-bond donors (Lipinski definition) is 1. The highest BCUT2D eigenvalue weighted by molar-refractivity contribution is 9.11. The Hall–Kier alpha value is -2.72. The van der Waals surface area contributed by atoms with Gasteiger partial charge in [-0.3, -0.25) is 24.2 Å². The first kappa shape index (κ1) is 22.0. The SMILES string of the molecule is CCOC(=O)CN(C(=O)CN1C(=O)NC(C)(c2ccc(Br)s2)C1=O)c1ccccc1. The van der Waals surface area contributed by atoms with Gasteiger partial charge in [0.1, 0.15) is 13.1 Å². The fourth-order valence-corrected chi connectivity index (χ4v) is 4.56. The molecule has 0 spiro atoms. The fourth-order valence-electron chi connectivity index (χ4n) is 3.08. The smallest absolute Gasteiger partial charge is 0.326 e. The highest BCUT2D eigenvalue weighted by atomic mass is 79.9. The van der Waals surface area contributed by atoms with Crippen LogP contribution >= 0.6 is 27.3 Å². The van der Waals surface area contributed by atoms with Crippen LogP contribution < -0.4 is 10.2 Å². The van der Waals surface area contributed by atoms with E-state index in [1.54, 1.807) is 56.3 Å². The number of nitrogens with zero attached hydrogens (tertiary/aromatic N) is 2. The Morgan fingerprint density at radius 1 is 1.20 bits per heavy atom. The van der Waals surface area contributed by atoms with Crippen molar-refractivity contribution >= 4 is 56.8 Å². The van der Waals surface area contributed by atoms with Crippen LogP contribution in [0, 0.1) is 0 Å². The molecule has 1 unspecified atom stereocenters. The lowest BCUT2D eigenvalue weighted by atomic mass is 10.0. The number of benzene rings is 1. The van der Waals surface area contributed by atoms with E-state index < -0.39 is 35.9 Å². The number of ether oxygens (including phenoxy) is 1. The third-order valence-corrected chi connectivity index (χ3v) is 6.44. The van der Waals surface area contributed by atoms with E-state index in [9.17, 15) is 19.2 Å². The van der Waals surface area contributed by atoms with Gasteiger partial charge in [-0.1, -0.05) is 18.2 Å². The van der Waals surface area contributed by atoms with E-state index in [4.69, 9.17) is 4.74 Å². The summed E-state index contributed by atoms with van der Waals surface area (Å²) in [6.45, 7) is 2.63. The summed E-state index contributed by atoms with van der Waals surface area (Å²) in [5, 5.41) is 2.67. The molecule has 8 nitrogen and oxygen atoms in total. The van der Waals surface area contributed by atoms with Crippen molar-refractivity contribution in [3.05, 3.63) is 51.1 Å². The van der Waals surface area contributed by atoms with Crippen molar-refractivity contribution in [2.75, 3.05) is 24.6 Å². The number of para-hydroxylation sites is 1. The number of carbonyl (C=O) groups excluding carboxylic acids is 4. The first-order valence-electron chi connectivity index (χ1n) is 9.17. The minimum absolute atomic E-state index is 0.178. The van der Waals surface area contributed by atoms with Crippen molar-refractivity contribution in [2.45, 2.75) is 19.4 Å². The quantitative estimate of drug-likeness (QED) is 0.472. The molecule has 3 rings (SSSR count). The number of amides is 4. The Kier molecular flexibility index (Phi) is 6.57. The van der Waals surface area contributed by atoms with Crippen LogP contribution in [0.1, 0.15) is 18.7 Å². The van der Waals surface area contributed by atoms with Crippen LogP contribution in [0.3, 0.4) is 0 Å². The Morgan fingerprint density at radius 2 is 1.90 bits per heavy atom. The van der Waals surface area contributed by atoms with Gasteiger partial charge in [-0.2, -0.15) is 0 Å². The third kappa shape index (κ3) is 4.39. The number of urea groups is 1. The number of hydrogen-bond acceptors (Lipinski definition) is 6. The zero-order valence-electron chi connectivity index (χ0n) is 16.4. The van der Waals surface area contributed by atoms with Gasteiger partial charge in [-0.25, -0.2) is 4.79 Å². The Morgan fingerprint density at radius 3 is 2.50 bits per heavy atom. The molecule has 158 valence electrons. The summed E-state index contributed by atoms with van der Waals surface area (Å²) in [6.07, 6.45) is 0. The van der Waals surface area contributed by atoms with Crippen molar-refractivity contribution in [1.29, 1.82) is 0 Å². The second-order valence-corrected chi connectivity index (χ2v) is 9.13. The molecule has 1 atom stereocenters. The van der Waals surface area contributed by atoms with Crippen LogP contribution in [-0.2, 0) is 24.7 Å². The van der Waals surface area contributed by atoms with Crippen LogP contribution in [0.2, 0.25) is 0 Å². The van der Waals surface area contributed by atoms with Crippen molar-refractivity contribution in [1.82, 2.24) is 10.2 Å². The van der Waals surface area contributed by atoms with Gasteiger partial charge in [0, 0.05) is 10.6 Å². The molecule has 0 aliphatic carbocycles. The summed E-state index contributed by atoms with van der Waals surface area (Å²) in [4.78, 5) is 53.3. The molecule has 0 radical (unpaired) electrons. The summed E-state index contributed by atoms with van der Waals surface area (Å²) < 4.78 is 5.77. The van der Waals surface area contributed by atoms with Gasteiger partial charge in [0.05, 0.1) is 10.4 Å². The van der Waals surface area contributed by atoms with E-state index in [0.717, 1.165) is 8.69 Å². The van der Waals surface area contributed by atoms with E-state index >= 15 is 0 Å². The zero-order chi connectivity index (χ0) is 21.9. The maximum absolute atomic E-state index is 13.0. The molecule has 1 aromatic carbocycles. The monoisotopic (exact) mass is 493 g/mol. The molecular weight excluding hydrogens is 474 g/mol. The summed E-state index contributed by atoms with van der Waals surface area (Å²) in [5.74, 6) is -1.69. The van der Waals surface area contributed by atoms with E-state index in [1.807, 2.05) is 0 Å². The summed E-state index contributed by atoms with van der Waals surface area (Å²) >= 11 is 4.68. The lowest BCUT2D eigenvalue weighted by molar-refractivity contribution is -0.142. The standard InChI is InChI=1S/C20H20BrN3O5S/c1-3-29-17(26)12-23(13-7-5-4-6-8-13)16(25)11-24-18(27)20(2,22-19(24)28)14-9-10-15(21)30-14/h4-10H,3,11-12H2,1-2H3,(H,22,28). The summed E-state index contributed by atoms with van der Waals surface area (Å²) in [6, 6.07) is 11.4. The topological polar surface area (TPSA) is 96.0 Å².